The van der Waals surface area contributed by atoms with E-state index in [1.165, 1.54) is 11.1 Å². The van der Waals surface area contributed by atoms with Gasteiger partial charge in [0, 0.05) is 24.0 Å². The van der Waals surface area contributed by atoms with Crippen LogP contribution in [-0.2, 0) is 0 Å². The molecule has 1 aromatic heterocycles. The molecule has 0 saturated carbocycles. The Labute approximate surface area is 120 Å². The third-order valence-electron chi connectivity index (χ3n) is 3.90. The first kappa shape index (κ1) is 13.1. The van der Waals surface area contributed by atoms with Crippen LogP contribution in [0.3, 0.4) is 0 Å². The number of rotatable bonds is 3. The van der Waals surface area contributed by atoms with Crippen molar-refractivity contribution in [3.8, 4) is 5.75 Å². The number of aromatic nitrogens is 1. The van der Waals surface area contributed by atoms with Crippen molar-refractivity contribution >= 4 is 0 Å². The molecule has 0 amide bonds. The van der Waals surface area contributed by atoms with Gasteiger partial charge >= 0.3 is 0 Å². The smallest absolute Gasteiger partial charge is 0.125 e. The van der Waals surface area contributed by atoms with Crippen molar-refractivity contribution in [2.75, 3.05) is 0 Å². The molecule has 0 saturated heterocycles. The van der Waals surface area contributed by atoms with Crippen molar-refractivity contribution in [1.29, 1.82) is 0 Å². The van der Waals surface area contributed by atoms with Crippen LogP contribution in [0.5, 0.6) is 5.75 Å². The molecule has 0 spiro atoms. The molecule has 1 unspecified atom stereocenters. The number of para-hydroxylation sites is 1. The number of nitrogens with zero attached hydrogens (tertiary/aromatic N) is 1. The predicted molar refractivity (Wildman–Crippen MR) is 79.7 cm³/mol. The van der Waals surface area contributed by atoms with Gasteiger partial charge in [-0.1, -0.05) is 24.3 Å². The number of pyridine rings is 1. The van der Waals surface area contributed by atoms with Crippen molar-refractivity contribution in [3.63, 3.8) is 0 Å². The topological polar surface area (TPSA) is 34.1 Å². The first-order chi connectivity index (χ1) is 9.58. The van der Waals surface area contributed by atoms with Gasteiger partial charge in [-0.05, 0) is 38.5 Å². The predicted octanol–water partition coefficient (Wildman–Crippen LogP) is 3.64. The Morgan fingerprint density at radius 3 is 2.75 bits per heavy atom. The van der Waals surface area contributed by atoms with Gasteiger partial charge < -0.3 is 4.74 Å². The summed E-state index contributed by atoms with van der Waals surface area (Å²) >= 11 is 0. The molecule has 104 valence electrons. The maximum atomic E-state index is 6.07. The molecule has 3 nitrogen and oxygen atoms in total. The van der Waals surface area contributed by atoms with E-state index in [0.29, 0.717) is 0 Å². The number of fused-ring (bicyclic) bond motifs is 1. The van der Waals surface area contributed by atoms with E-state index in [-0.39, 0.29) is 17.7 Å². The van der Waals surface area contributed by atoms with Crippen molar-refractivity contribution in [1.82, 2.24) is 10.3 Å². The largest absolute Gasteiger partial charge is 0.486 e. The minimum atomic E-state index is -0.250. The Bertz CT molecular complexity index is 595. The van der Waals surface area contributed by atoms with Gasteiger partial charge in [0.05, 0.1) is 6.04 Å². The quantitative estimate of drug-likeness (QED) is 0.922. The van der Waals surface area contributed by atoms with Crippen LogP contribution in [0, 0.1) is 0 Å². The Balaban J connectivity index is 1.86. The normalized spacial score (nSPS) is 21.1. The van der Waals surface area contributed by atoms with Crippen LogP contribution >= 0.6 is 0 Å². The van der Waals surface area contributed by atoms with Gasteiger partial charge in [-0.15, -0.1) is 0 Å². The maximum Gasteiger partial charge on any atom is 0.125 e. The zero-order valence-electron chi connectivity index (χ0n) is 12.1. The Hall–Kier alpha value is -1.87. The van der Waals surface area contributed by atoms with Crippen LogP contribution in [0.4, 0.5) is 0 Å². The number of hydrogen-bond acceptors (Lipinski definition) is 3. The summed E-state index contributed by atoms with van der Waals surface area (Å²) in [4.78, 5) is 4.19. The van der Waals surface area contributed by atoms with E-state index in [1.54, 1.807) is 6.20 Å². The fourth-order valence-electron chi connectivity index (χ4n) is 2.80. The van der Waals surface area contributed by atoms with E-state index < -0.39 is 0 Å². The molecule has 2 atom stereocenters. The molecular weight excluding hydrogens is 248 g/mol. The number of nitrogens with one attached hydrogen (secondary N) is 1. The maximum absolute atomic E-state index is 6.07. The summed E-state index contributed by atoms with van der Waals surface area (Å²) in [6.45, 7) is 6.41. The van der Waals surface area contributed by atoms with Crippen molar-refractivity contribution in [3.05, 3.63) is 59.9 Å². The second kappa shape index (κ2) is 4.91. The standard InChI is InChI=1S/C17H20N2O/c1-12(13-7-6-10-18-11-13)19-16-14-8-4-5-9-15(14)20-17(16,2)3/h4-12,16,19H,1-3H3/t12-,16?/m1/s1. The van der Waals surface area contributed by atoms with Gasteiger partial charge in [-0.3, -0.25) is 10.3 Å². The average Bonchev–Trinajstić information content (AvgIpc) is 2.70. The molecule has 0 aliphatic carbocycles. The summed E-state index contributed by atoms with van der Waals surface area (Å²) in [6, 6.07) is 12.7. The fourth-order valence-corrected chi connectivity index (χ4v) is 2.80. The van der Waals surface area contributed by atoms with Crippen molar-refractivity contribution in [2.24, 2.45) is 0 Å². The average molecular weight is 268 g/mol. The van der Waals surface area contributed by atoms with Crippen LogP contribution in [0.2, 0.25) is 0 Å². The minimum absolute atomic E-state index is 0.175. The lowest BCUT2D eigenvalue weighted by molar-refractivity contribution is 0.0919. The van der Waals surface area contributed by atoms with E-state index in [4.69, 9.17) is 4.74 Å². The lowest BCUT2D eigenvalue weighted by Crippen LogP contribution is -2.40. The second-order valence-corrected chi connectivity index (χ2v) is 5.85. The first-order valence-corrected chi connectivity index (χ1v) is 7.02. The Kier molecular flexibility index (Phi) is 3.22. The van der Waals surface area contributed by atoms with E-state index in [9.17, 15) is 0 Å². The third kappa shape index (κ3) is 2.29. The Morgan fingerprint density at radius 2 is 2.00 bits per heavy atom. The molecule has 1 aromatic carbocycles. The molecule has 1 aliphatic rings. The van der Waals surface area contributed by atoms with Crippen LogP contribution in [0.15, 0.2) is 48.8 Å². The molecule has 3 heteroatoms. The van der Waals surface area contributed by atoms with Crippen LogP contribution in [-0.4, -0.2) is 10.6 Å². The molecule has 20 heavy (non-hydrogen) atoms. The highest BCUT2D eigenvalue weighted by atomic mass is 16.5. The molecule has 0 radical (unpaired) electrons. The van der Waals surface area contributed by atoms with E-state index >= 15 is 0 Å². The summed E-state index contributed by atoms with van der Waals surface area (Å²) in [5, 5.41) is 3.68. The highest BCUT2D eigenvalue weighted by molar-refractivity contribution is 5.42. The summed E-state index contributed by atoms with van der Waals surface area (Å²) in [6.07, 6.45) is 3.71. The number of benzene rings is 1. The summed E-state index contributed by atoms with van der Waals surface area (Å²) in [7, 11) is 0. The number of ether oxygens (including phenoxy) is 1. The molecular formula is C17H20N2O. The zero-order valence-corrected chi connectivity index (χ0v) is 12.1. The lowest BCUT2D eigenvalue weighted by atomic mass is 9.93. The second-order valence-electron chi connectivity index (χ2n) is 5.85. The minimum Gasteiger partial charge on any atom is -0.486 e. The lowest BCUT2D eigenvalue weighted by Gasteiger charge is -2.30. The first-order valence-electron chi connectivity index (χ1n) is 7.02. The highest BCUT2D eigenvalue weighted by Crippen LogP contribution is 2.43. The van der Waals surface area contributed by atoms with Gasteiger partial charge in [0.1, 0.15) is 11.4 Å². The highest BCUT2D eigenvalue weighted by Gasteiger charge is 2.41. The molecule has 1 aliphatic heterocycles. The van der Waals surface area contributed by atoms with Gasteiger partial charge in [0.15, 0.2) is 0 Å². The van der Waals surface area contributed by atoms with Crippen molar-refractivity contribution in [2.45, 2.75) is 38.5 Å². The van der Waals surface area contributed by atoms with E-state index in [0.717, 1.165) is 5.75 Å². The molecule has 3 rings (SSSR count). The Morgan fingerprint density at radius 1 is 1.20 bits per heavy atom. The van der Waals surface area contributed by atoms with Crippen LogP contribution in [0.1, 0.15) is 44.0 Å². The molecule has 0 bridgehead atoms. The zero-order chi connectivity index (χ0) is 14.2. The number of hydrogen-bond donors (Lipinski definition) is 1. The molecule has 1 N–H and O–H groups in total. The third-order valence-corrected chi connectivity index (χ3v) is 3.90. The fraction of sp³-hybridized carbons (Fsp3) is 0.353. The van der Waals surface area contributed by atoms with Gasteiger partial charge in [-0.25, -0.2) is 0 Å². The van der Waals surface area contributed by atoms with E-state index in [2.05, 4.69) is 49.3 Å². The summed E-state index contributed by atoms with van der Waals surface area (Å²) in [5.41, 5.74) is 2.17. The molecule has 0 fully saturated rings. The molecule has 2 heterocycles. The van der Waals surface area contributed by atoms with Crippen LogP contribution < -0.4 is 10.1 Å². The van der Waals surface area contributed by atoms with E-state index in [1.807, 2.05) is 24.4 Å². The molecule has 2 aromatic rings. The SMILES string of the molecule is C[C@@H](NC1c2ccccc2OC1(C)C)c1cccnc1. The van der Waals surface area contributed by atoms with Gasteiger partial charge in [0.2, 0.25) is 0 Å². The van der Waals surface area contributed by atoms with Gasteiger partial charge in [0.25, 0.3) is 0 Å². The monoisotopic (exact) mass is 268 g/mol. The van der Waals surface area contributed by atoms with Crippen LogP contribution in [0.25, 0.3) is 0 Å². The summed E-state index contributed by atoms with van der Waals surface area (Å²) < 4.78 is 6.07. The van der Waals surface area contributed by atoms with Gasteiger partial charge in [-0.2, -0.15) is 0 Å². The summed E-state index contributed by atoms with van der Waals surface area (Å²) in [5.74, 6) is 0.980. The van der Waals surface area contributed by atoms with Crippen molar-refractivity contribution < 1.29 is 4.74 Å².